The molecule has 8 nitrogen and oxygen atoms in total. The summed E-state index contributed by atoms with van der Waals surface area (Å²) in [6.45, 7) is 2.30. The van der Waals surface area contributed by atoms with Gasteiger partial charge in [0.25, 0.3) is 0 Å². The van der Waals surface area contributed by atoms with E-state index in [4.69, 9.17) is 9.47 Å². The van der Waals surface area contributed by atoms with Crippen molar-refractivity contribution in [2.24, 2.45) is 5.92 Å². The zero-order chi connectivity index (χ0) is 22.2. The number of hydrogen-bond donors (Lipinski definition) is 1. The summed E-state index contributed by atoms with van der Waals surface area (Å²) in [5.74, 6) is 1.92. The molecule has 1 N–H and O–H groups in total. The van der Waals surface area contributed by atoms with Crippen LogP contribution >= 0.6 is 23.1 Å². The van der Waals surface area contributed by atoms with E-state index in [0.29, 0.717) is 28.3 Å². The highest BCUT2D eigenvalue weighted by molar-refractivity contribution is 7.99. The molecule has 0 bridgehead atoms. The zero-order valence-corrected chi connectivity index (χ0v) is 19.7. The average Bonchev–Trinajstić information content (AvgIpc) is 3.37. The molecule has 1 atom stereocenters. The van der Waals surface area contributed by atoms with Gasteiger partial charge in [0.1, 0.15) is 22.7 Å². The highest BCUT2D eigenvalue weighted by Gasteiger charge is 2.24. The Kier molecular flexibility index (Phi) is 5.64. The van der Waals surface area contributed by atoms with E-state index in [1.54, 1.807) is 50.1 Å². The van der Waals surface area contributed by atoms with E-state index in [2.05, 4.69) is 27.4 Å². The smallest absolute Gasteiger partial charge is 0.234 e. The monoisotopic (exact) mass is 469 g/mol. The number of ether oxygens (including phenoxy) is 2. The Bertz CT molecular complexity index is 1320. The number of hydrogen-bond acceptors (Lipinski definition) is 8. The van der Waals surface area contributed by atoms with Crippen LogP contribution in [-0.4, -0.2) is 45.5 Å². The van der Waals surface area contributed by atoms with Crippen molar-refractivity contribution in [3.05, 3.63) is 35.0 Å². The van der Waals surface area contributed by atoms with E-state index in [9.17, 15) is 4.79 Å². The summed E-state index contributed by atoms with van der Waals surface area (Å²) in [4.78, 5) is 19.7. The Labute approximate surface area is 193 Å². The minimum atomic E-state index is -0.172. The molecule has 1 aromatic carbocycles. The van der Waals surface area contributed by atoms with Crippen LogP contribution in [-0.2, 0) is 17.6 Å². The van der Waals surface area contributed by atoms with E-state index >= 15 is 0 Å². The number of nitrogens with one attached hydrogen (secondary N) is 1. The number of amides is 1. The second-order valence-electron chi connectivity index (χ2n) is 7.86. The molecule has 1 amide bonds. The third kappa shape index (κ3) is 3.77. The van der Waals surface area contributed by atoms with Crippen molar-refractivity contribution >= 4 is 50.6 Å². The number of rotatable bonds is 6. The minimum absolute atomic E-state index is 0.172. The number of carbonyl (C=O) groups excluding carboxylic acids is 1. The number of methoxy groups -OCH3 is 2. The summed E-state index contributed by atoms with van der Waals surface area (Å²) in [6, 6.07) is 5.27. The van der Waals surface area contributed by atoms with Crippen molar-refractivity contribution in [3.63, 3.8) is 0 Å². The van der Waals surface area contributed by atoms with Crippen LogP contribution in [0.1, 0.15) is 23.8 Å². The van der Waals surface area contributed by atoms with Crippen LogP contribution in [0.3, 0.4) is 0 Å². The fourth-order valence-electron chi connectivity index (χ4n) is 4.05. The lowest BCUT2D eigenvalue weighted by atomic mass is 9.89. The van der Waals surface area contributed by atoms with Gasteiger partial charge in [0.15, 0.2) is 10.8 Å². The second-order valence-corrected chi connectivity index (χ2v) is 9.88. The molecule has 1 aliphatic carbocycles. The number of aryl methyl sites for hydroxylation is 1. The largest absolute Gasteiger partial charge is 0.497 e. The van der Waals surface area contributed by atoms with E-state index < -0.39 is 0 Å². The Morgan fingerprint density at radius 2 is 2.19 bits per heavy atom. The first-order chi connectivity index (χ1) is 15.6. The first-order valence-corrected chi connectivity index (χ1v) is 12.2. The predicted octanol–water partition coefficient (Wildman–Crippen LogP) is 4.21. The highest BCUT2D eigenvalue weighted by Crippen LogP contribution is 2.39. The topological polar surface area (TPSA) is 90.6 Å². The molecule has 0 aliphatic heterocycles. The molecular weight excluding hydrogens is 446 g/mol. The SMILES string of the molecule is COc1ccc(OC)c(NC(=O)CSc2nnc3c4c5c(sc4ncn23)C[C@@H](C)CC5)c1. The molecule has 0 fully saturated rings. The molecular formula is C22H23N5O3S2. The summed E-state index contributed by atoms with van der Waals surface area (Å²) >= 11 is 3.09. The molecule has 3 aromatic heterocycles. The van der Waals surface area contributed by atoms with Gasteiger partial charge < -0.3 is 14.8 Å². The molecule has 0 saturated carbocycles. The van der Waals surface area contributed by atoms with E-state index in [1.807, 2.05) is 4.40 Å². The molecule has 1 aliphatic rings. The van der Waals surface area contributed by atoms with Gasteiger partial charge >= 0.3 is 0 Å². The fourth-order valence-corrected chi connectivity index (χ4v) is 6.09. The van der Waals surface area contributed by atoms with Crippen molar-refractivity contribution in [1.29, 1.82) is 0 Å². The van der Waals surface area contributed by atoms with Gasteiger partial charge in [-0.1, -0.05) is 18.7 Å². The number of benzene rings is 1. The van der Waals surface area contributed by atoms with Crippen LogP contribution in [0, 0.1) is 5.92 Å². The molecule has 3 heterocycles. The third-order valence-electron chi connectivity index (χ3n) is 5.68. The summed E-state index contributed by atoms with van der Waals surface area (Å²) in [7, 11) is 3.14. The van der Waals surface area contributed by atoms with Crippen molar-refractivity contribution in [3.8, 4) is 11.5 Å². The van der Waals surface area contributed by atoms with Crippen molar-refractivity contribution in [2.75, 3.05) is 25.3 Å². The number of thioether (sulfide) groups is 1. The average molecular weight is 470 g/mol. The first kappa shape index (κ1) is 21.0. The van der Waals surface area contributed by atoms with Crippen LogP contribution in [0.4, 0.5) is 5.69 Å². The molecule has 5 rings (SSSR count). The molecule has 4 aromatic rings. The molecule has 166 valence electrons. The van der Waals surface area contributed by atoms with Gasteiger partial charge in [-0.05, 0) is 42.9 Å². The molecule has 0 saturated heterocycles. The maximum absolute atomic E-state index is 12.6. The van der Waals surface area contributed by atoms with Crippen LogP contribution in [0.5, 0.6) is 11.5 Å². The molecule has 0 unspecified atom stereocenters. The Morgan fingerprint density at radius 3 is 3.00 bits per heavy atom. The lowest BCUT2D eigenvalue weighted by Gasteiger charge is -2.17. The summed E-state index contributed by atoms with van der Waals surface area (Å²) < 4.78 is 12.5. The minimum Gasteiger partial charge on any atom is -0.497 e. The van der Waals surface area contributed by atoms with Crippen LogP contribution < -0.4 is 14.8 Å². The Balaban J connectivity index is 1.36. The fraction of sp³-hybridized carbons (Fsp3) is 0.364. The third-order valence-corrected chi connectivity index (χ3v) is 7.79. The van der Waals surface area contributed by atoms with E-state index in [1.165, 1.54) is 28.6 Å². The van der Waals surface area contributed by atoms with Gasteiger partial charge in [0.2, 0.25) is 5.91 Å². The number of aromatic nitrogens is 4. The van der Waals surface area contributed by atoms with Gasteiger partial charge in [-0.2, -0.15) is 0 Å². The summed E-state index contributed by atoms with van der Waals surface area (Å²) in [5.41, 5.74) is 2.75. The number of nitrogens with zero attached hydrogens (tertiary/aromatic N) is 4. The number of carbonyl (C=O) groups is 1. The standard InChI is InChI=1S/C22H23N5O3S2/c1-12-4-6-14-17(8-12)32-21-19(14)20-25-26-22(27(20)11-23-21)31-10-18(28)24-15-9-13(29-2)5-7-16(15)30-3/h5,7,9,11-12H,4,6,8,10H2,1-3H3,(H,24,28)/t12-/m0/s1. The van der Waals surface area contributed by atoms with Gasteiger partial charge in [-0.25, -0.2) is 4.98 Å². The maximum atomic E-state index is 12.6. The van der Waals surface area contributed by atoms with E-state index in [-0.39, 0.29) is 11.7 Å². The van der Waals surface area contributed by atoms with Gasteiger partial charge in [-0.3, -0.25) is 9.20 Å². The number of thiophene rings is 1. The Morgan fingerprint density at radius 1 is 1.31 bits per heavy atom. The highest BCUT2D eigenvalue weighted by atomic mass is 32.2. The normalized spacial score (nSPS) is 15.7. The summed E-state index contributed by atoms with van der Waals surface area (Å²) in [5, 5.41) is 13.4. The quantitative estimate of drug-likeness (QED) is 0.423. The zero-order valence-electron chi connectivity index (χ0n) is 18.0. The number of anilines is 1. The van der Waals surface area contributed by atoms with Crippen molar-refractivity contribution in [1.82, 2.24) is 19.6 Å². The van der Waals surface area contributed by atoms with Crippen molar-refractivity contribution < 1.29 is 14.3 Å². The maximum Gasteiger partial charge on any atom is 0.234 e. The molecule has 32 heavy (non-hydrogen) atoms. The first-order valence-electron chi connectivity index (χ1n) is 10.4. The van der Waals surface area contributed by atoms with Gasteiger partial charge in [-0.15, -0.1) is 21.5 Å². The van der Waals surface area contributed by atoms with Crippen molar-refractivity contribution in [2.45, 2.75) is 31.3 Å². The molecule has 10 heteroatoms. The number of fused-ring (bicyclic) bond motifs is 5. The van der Waals surface area contributed by atoms with Crippen LogP contribution in [0.15, 0.2) is 29.7 Å². The molecule has 0 radical (unpaired) electrons. The van der Waals surface area contributed by atoms with E-state index in [0.717, 1.165) is 28.7 Å². The van der Waals surface area contributed by atoms with Crippen LogP contribution in [0.2, 0.25) is 0 Å². The van der Waals surface area contributed by atoms with Crippen LogP contribution in [0.25, 0.3) is 15.9 Å². The lowest BCUT2D eigenvalue weighted by molar-refractivity contribution is -0.113. The van der Waals surface area contributed by atoms with Gasteiger partial charge in [0.05, 0.1) is 31.0 Å². The van der Waals surface area contributed by atoms with Gasteiger partial charge in [0, 0.05) is 10.9 Å². The Hall–Kier alpha value is -2.85. The second kappa shape index (κ2) is 8.59. The molecule has 0 spiro atoms. The predicted molar refractivity (Wildman–Crippen MR) is 126 cm³/mol. The summed E-state index contributed by atoms with van der Waals surface area (Å²) in [6.07, 6.45) is 5.10. The lowest BCUT2D eigenvalue weighted by Crippen LogP contribution is -2.15.